The molecule has 0 heterocycles. The predicted octanol–water partition coefficient (Wildman–Crippen LogP) is 3.31. The van der Waals surface area contributed by atoms with Crippen molar-refractivity contribution in [3.63, 3.8) is 0 Å². The summed E-state index contributed by atoms with van der Waals surface area (Å²) >= 11 is 0. The number of nitrogens with two attached hydrogens (primary N) is 1. The molecule has 1 aromatic carbocycles. The summed E-state index contributed by atoms with van der Waals surface area (Å²) in [5, 5.41) is 3.06. The Bertz CT molecular complexity index is 487. The number of nitrogens with one attached hydrogen (secondary N) is 1. The zero-order valence-corrected chi connectivity index (χ0v) is 14.2. The molecule has 0 fully saturated rings. The molecule has 19 heavy (non-hydrogen) atoms. The second kappa shape index (κ2) is 8.05. The maximum atomic E-state index is 5.85. The number of anilines is 1. The molecular weight excluding hydrogens is 349 g/mol. The SMILES string of the molecule is C#CC(N=C(N)Nc1ccc(C)c(C)c1)C(C)C.I. The summed E-state index contributed by atoms with van der Waals surface area (Å²) in [6.45, 7) is 8.19. The first-order chi connectivity index (χ1) is 8.43. The van der Waals surface area contributed by atoms with Crippen LogP contribution in [0.4, 0.5) is 5.69 Å². The molecule has 4 heteroatoms. The highest BCUT2D eigenvalue weighted by atomic mass is 127. The maximum Gasteiger partial charge on any atom is 0.194 e. The Balaban J connectivity index is 0.00000324. The molecule has 1 atom stereocenters. The maximum absolute atomic E-state index is 5.85. The highest BCUT2D eigenvalue weighted by Crippen LogP contribution is 2.14. The molecule has 0 saturated carbocycles. The van der Waals surface area contributed by atoms with Crippen LogP contribution in [0.1, 0.15) is 25.0 Å². The van der Waals surface area contributed by atoms with Gasteiger partial charge in [0.25, 0.3) is 0 Å². The number of terminal acetylenes is 1. The highest BCUT2D eigenvalue weighted by molar-refractivity contribution is 14.0. The number of halogens is 1. The molecule has 0 saturated heterocycles. The molecule has 0 bridgehead atoms. The summed E-state index contributed by atoms with van der Waals surface area (Å²) in [6, 6.07) is 5.87. The van der Waals surface area contributed by atoms with Crippen LogP contribution in [0.15, 0.2) is 23.2 Å². The minimum Gasteiger partial charge on any atom is -0.370 e. The fraction of sp³-hybridized carbons (Fsp3) is 0.400. The van der Waals surface area contributed by atoms with Crippen molar-refractivity contribution in [2.24, 2.45) is 16.6 Å². The van der Waals surface area contributed by atoms with Crippen LogP contribution in [0, 0.1) is 32.1 Å². The van der Waals surface area contributed by atoms with Gasteiger partial charge < -0.3 is 11.1 Å². The largest absolute Gasteiger partial charge is 0.370 e. The molecule has 104 valence electrons. The Morgan fingerprint density at radius 2 is 1.95 bits per heavy atom. The molecule has 0 amide bonds. The molecule has 0 aliphatic heterocycles. The van der Waals surface area contributed by atoms with E-state index in [1.165, 1.54) is 11.1 Å². The van der Waals surface area contributed by atoms with Gasteiger partial charge in [0.15, 0.2) is 5.96 Å². The summed E-state index contributed by atoms with van der Waals surface area (Å²) in [5.74, 6) is 3.26. The zero-order chi connectivity index (χ0) is 13.7. The van der Waals surface area contributed by atoms with Crippen LogP contribution in [0.2, 0.25) is 0 Å². The molecule has 1 aromatic rings. The number of hydrogen-bond donors (Lipinski definition) is 2. The predicted molar refractivity (Wildman–Crippen MR) is 94.0 cm³/mol. The van der Waals surface area contributed by atoms with Crippen LogP contribution < -0.4 is 11.1 Å². The van der Waals surface area contributed by atoms with Gasteiger partial charge in [-0.15, -0.1) is 30.4 Å². The van der Waals surface area contributed by atoms with Crippen molar-refractivity contribution in [3.8, 4) is 12.3 Å². The third kappa shape index (κ3) is 5.52. The number of aliphatic imine (C=N–C) groups is 1. The molecular formula is C15H22IN3. The van der Waals surface area contributed by atoms with Crippen LogP contribution in [0.3, 0.4) is 0 Å². The first-order valence-electron chi connectivity index (χ1n) is 6.07. The van der Waals surface area contributed by atoms with Gasteiger partial charge in [0.05, 0.1) is 0 Å². The van der Waals surface area contributed by atoms with Crippen molar-refractivity contribution >= 4 is 35.6 Å². The van der Waals surface area contributed by atoms with E-state index < -0.39 is 0 Å². The lowest BCUT2D eigenvalue weighted by Gasteiger charge is -2.12. The molecule has 0 aliphatic carbocycles. The monoisotopic (exact) mass is 371 g/mol. The van der Waals surface area contributed by atoms with Crippen LogP contribution in [0.5, 0.6) is 0 Å². The van der Waals surface area contributed by atoms with E-state index >= 15 is 0 Å². The van der Waals surface area contributed by atoms with Gasteiger partial charge in [-0.05, 0) is 43.0 Å². The van der Waals surface area contributed by atoms with Crippen LogP contribution in [-0.4, -0.2) is 12.0 Å². The van der Waals surface area contributed by atoms with Gasteiger partial charge >= 0.3 is 0 Å². The first-order valence-corrected chi connectivity index (χ1v) is 6.07. The van der Waals surface area contributed by atoms with E-state index in [0.717, 1.165) is 5.69 Å². The molecule has 3 nitrogen and oxygen atoms in total. The molecule has 3 N–H and O–H groups in total. The summed E-state index contributed by atoms with van der Waals surface area (Å²) in [5.41, 5.74) is 9.24. The van der Waals surface area contributed by atoms with Gasteiger partial charge in [-0.2, -0.15) is 0 Å². The van der Waals surface area contributed by atoms with Crippen molar-refractivity contribution in [1.29, 1.82) is 0 Å². The van der Waals surface area contributed by atoms with Crippen LogP contribution in [0.25, 0.3) is 0 Å². The normalized spacial score (nSPS) is 12.5. The van der Waals surface area contributed by atoms with Gasteiger partial charge in [-0.3, -0.25) is 0 Å². The van der Waals surface area contributed by atoms with E-state index in [1.54, 1.807) is 0 Å². The molecule has 1 rings (SSSR count). The fourth-order valence-electron chi connectivity index (χ4n) is 1.53. The number of rotatable bonds is 3. The average molecular weight is 371 g/mol. The average Bonchev–Trinajstić information content (AvgIpc) is 2.30. The minimum absolute atomic E-state index is 0. The summed E-state index contributed by atoms with van der Waals surface area (Å²) < 4.78 is 0. The summed E-state index contributed by atoms with van der Waals surface area (Å²) in [7, 11) is 0. The lowest BCUT2D eigenvalue weighted by Crippen LogP contribution is -2.26. The summed E-state index contributed by atoms with van der Waals surface area (Å²) in [4.78, 5) is 4.29. The third-order valence-corrected chi connectivity index (χ3v) is 2.86. The Hall–Kier alpha value is -1.22. The smallest absolute Gasteiger partial charge is 0.194 e. The van der Waals surface area contributed by atoms with E-state index in [-0.39, 0.29) is 35.9 Å². The number of guanidine groups is 1. The van der Waals surface area contributed by atoms with Crippen molar-refractivity contribution in [2.75, 3.05) is 5.32 Å². The summed E-state index contributed by atoms with van der Waals surface area (Å²) in [6.07, 6.45) is 5.42. The number of hydrogen-bond acceptors (Lipinski definition) is 1. The van der Waals surface area contributed by atoms with Crippen LogP contribution >= 0.6 is 24.0 Å². The van der Waals surface area contributed by atoms with Crippen molar-refractivity contribution in [2.45, 2.75) is 33.7 Å². The lowest BCUT2D eigenvalue weighted by molar-refractivity contribution is 0.586. The second-order valence-corrected chi connectivity index (χ2v) is 4.79. The van der Waals surface area contributed by atoms with Gasteiger partial charge in [0.2, 0.25) is 0 Å². The number of nitrogens with zero attached hydrogens (tertiary/aromatic N) is 1. The fourth-order valence-corrected chi connectivity index (χ4v) is 1.53. The minimum atomic E-state index is -0.191. The van der Waals surface area contributed by atoms with Crippen LogP contribution in [-0.2, 0) is 0 Å². The molecule has 0 aromatic heterocycles. The van der Waals surface area contributed by atoms with Gasteiger partial charge in [-0.1, -0.05) is 25.8 Å². The van der Waals surface area contributed by atoms with E-state index in [4.69, 9.17) is 12.2 Å². The van der Waals surface area contributed by atoms with Gasteiger partial charge in [0.1, 0.15) is 6.04 Å². The topological polar surface area (TPSA) is 50.4 Å². The Labute approximate surface area is 133 Å². The molecule has 0 spiro atoms. The highest BCUT2D eigenvalue weighted by Gasteiger charge is 2.08. The Morgan fingerprint density at radius 3 is 2.42 bits per heavy atom. The molecule has 1 unspecified atom stereocenters. The second-order valence-electron chi connectivity index (χ2n) is 4.79. The quantitative estimate of drug-likeness (QED) is 0.371. The van der Waals surface area contributed by atoms with E-state index in [1.807, 2.05) is 32.0 Å². The molecule has 0 radical (unpaired) electrons. The number of aryl methyl sites for hydroxylation is 2. The van der Waals surface area contributed by atoms with Gasteiger partial charge in [-0.25, -0.2) is 4.99 Å². The Morgan fingerprint density at radius 1 is 1.32 bits per heavy atom. The molecule has 0 aliphatic rings. The van der Waals surface area contributed by atoms with Crippen molar-refractivity contribution in [1.82, 2.24) is 0 Å². The van der Waals surface area contributed by atoms with Crippen molar-refractivity contribution in [3.05, 3.63) is 29.3 Å². The first kappa shape index (κ1) is 17.8. The van der Waals surface area contributed by atoms with Crippen molar-refractivity contribution < 1.29 is 0 Å². The standard InChI is InChI=1S/C15H21N3.HI/c1-6-14(10(2)3)18-15(16)17-13-8-7-11(4)12(5)9-13;/h1,7-10,14H,2-5H3,(H3,16,17,18);1H. The Kier molecular flexibility index (Phi) is 7.53. The third-order valence-electron chi connectivity index (χ3n) is 2.86. The number of benzene rings is 1. The van der Waals surface area contributed by atoms with Gasteiger partial charge in [0, 0.05) is 5.69 Å². The lowest BCUT2D eigenvalue weighted by atomic mass is 10.1. The van der Waals surface area contributed by atoms with E-state index in [0.29, 0.717) is 5.96 Å². The van der Waals surface area contributed by atoms with E-state index in [2.05, 4.69) is 30.1 Å². The van der Waals surface area contributed by atoms with E-state index in [9.17, 15) is 0 Å². The zero-order valence-electron chi connectivity index (χ0n) is 11.9.